The second-order valence-electron chi connectivity index (χ2n) is 19.8. The topological polar surface area (TPSA) is 125 Å². The van der Waals surface area contributed by atoms with Crippen LogP contribution in [0.5, 0.6) is 0 Å². The SMILES string of the molecule is CCCCCCCCCCCCOP([O-])OC1CCCCC1.CCCCCCCCCCCCOP([O-])OC1CCCCC1.CCCCCCCCCCCCOP([O-])OC1CCCCC1.[Sb+3]. The van der Waals surface area contributed by atoms with Crippen LogP contribution in [-0.2, 0) is 27.1 Å². The molecule has 2 radical (unpaired) electrons. The average molecular weight is 1120 g/mol. The Morgan fingerprint density at radius 1 is 0.284 bits per heavy atom. The maximum atomic E-state index is 11.7. The minimum Gasteiger partial charge on any atom is -0.786 e. The van der Waals surface area contributed by atoms with Crippen LogP contribution >= 0.6 is 25.8 Å². The van der Waals surface area contributed by atoms with Gasteiger partial charge in [0.25, 0.3) is 0 Å². The van der Waals surface area contributed by atoms with Crippen molar-refractivity contribution in [3.05, 3.63) is 0 Å². The van der Waals surface area contributed by atoms with Crippen molar-refractivity contribution in [1.29, 1.82) is 0 Å². The molecule has 0 spiro atoms. The Morgan fingerprint density at radius 3 is 0.657 bits per heavy atom. The molecular weight excluding hydrogens is 1010 g/mol. The Morgan fingerprint density at radius 2 is 0.463 bits per heavy atom. The first-order chi connectivity index (χ1) is 32.5. The predicted octanol–water partition coefficient (Wildman–Crippen LogP) is 17.2. The Labute approximate surface area is 437 Å². The molecule has 3 saturated carbocycles. The van der Waals surface area contributed by atoms with E-state index in [9.17, 15) is 14.7 Å². The molecule has 0 N–H and O–H groups in total. The maximum Gasteiger partial charge on any atom is 3.00 e. The van der Waals surface area contributed by atoms with E-state index in [1.165, 1.54) is 231 Å². The number of unbranched alkanes of at least 4 members (excludes halogenated alkanes) is 27. The molecule has 0 bridgehead atoms. The van der Waals surface area contributed by atoms with Gasteiger partial charge in [-0.1, -0.05) is 252 Å². The zero-order valence-corrected chi connectivity index (χ0v) is 49.4. The minimum absolute atomic E-state index is 0. The summed E-state index contributed by atoms with van der Waals surface area (Å²) in [4.78, 5) is 35.0. The van der Waals surface area contributed by atoms with Gasteiger partial charge in [0.15, 0.2) is 0 Å². The molecule has 0 aromatic rings. The van der Waals surface area contributed by atoms with Crippen LogP contribution in [0, 0.1) is 0 Å². The molecular formula is C54H108O9P3Sb. The molecule has 0 aliphatic heterocycles. The summed E-state index contributed by atoms with van der Waals surface area (Å²) < 4.78 is 32.3. The molecule has 3 unspecified atom stereocenters. The van der Waals surface area contributed by atoms with Gasteiger partial charge in [-0.3, -0.25) is 0 Å². The Bertz CT molecular complexity index is 819. The van der Waals surface area contributed by atoms with Crippen LogP contribution in [-0.4, -0.2) is 62.6 Å². The smallest absolute Gasteiger partial charge is 0.786 e. The molecule has 0 heterocycles. The molecule has 13 heteroatoms. The van der Waals surface area contributed by atoms with Gasteiger partial charge in [-0.2, -0.15) is 0 Å². The monoisotopic (exact) mass is 1110 g/mol. The Hall–Kier alpha value is 1.75. The van der Waals surface area contributed by atoms with E-state index in [-0.39, 0.29) is 42.7 Å². The van der Waals surface area contributed by atoms with Crippen molar-refractivity contribution in [1.82, 2.24) is 0 Å². The Balaban J connectivity index is 0.000000968. The normalized spacial score (nSPS) is 17.5. The summed E-state index contributed by atoms with van der Waals surface area (Å²) in [5, 5.41) is 0. The van der Waals surface area contributed by atoms with Crippen LogP contribution in [0.4, 0.5) is 0 Å². The third kappa shape index (κ3) is 49.7. The molecule has 0 saturated heterocycles. The van der Waals surface area contributed by atoms with Crippen LogP contribution in [0.2, 0.25) is 0 Å². The standard InChI is InChI=1S/3C18H36O3P.Sb/c3*1-2-3-4-5-6-7-8-9-10-14-17-20-22(19)21-18-15-12-11-13-16-18;/h3*18H,2-17H2,1H3;/q3*-1;+3. The second-order valence-corrected chi connectivity index (χ2v) is 22.6. The number of rotatable bonds is 42. The van der Waals surface area contributed by atoms with Gasteiger partial charge in [0, 0.05) is 0 Å². The number of hydrogen-bond donors (Lipinski definition) is 0. The molecule has 0 amide bonds. The van der Waals surface area contributed by atoms with Gasteiger partial charge < -0.3 is 41.8 Å². The second kappa shape index (κ2) is 55.5. The van der Waals surface area contributed by atoms with Crippen molar-refractivity contribution in [3.8, 4) is 0 Å². The third-order valence-corrected chi connectivity index (χ3v) is 16.0. The van der Waals surface area contributed by atoms with Crippen LogP contribution < -0.4 is 14.7 Å². The van der Waals surface area contributed by atoms with E-state index in [4.69, 9.17) is 27.1 Å². The summed E-state index contributed by atoms with van der Waals surface area (Å²) >= 11 is 0. The molecule has 3 aliphatic rings. The predicted molar refractivity (Wildman–Crippen MR) is 284 cm³/mol. The summed E-state index contributed by atoms with van der Waals surface area (Å²) in [5.41, 5.74) is 0. The zero-order valence-electron chi connectivity index (χ0n) is 44.1. The molecule has 67 heavy (non-hydrogen) atoms. The van der Waals surface area contributed by atoms with E-state index in [1.54, 1.807) is 0 Å². The summed E-state index contributed by atoms with van der Waals surface area (Å²) in [7, 11) is -5.67. The molecule has 0 aromatic carbocycles. The first-order valence-electron chi connectivity index (χ1n) is 28.8. The van der Waals surface area contributed by atoms with Crippen molar-refractivity contribution in [3.63, 3.8) is 0 Å². The fourth-order valence-electron chi connectivity index (χ4n) is 9.15. The fourth-order valence-corrected chi connectivity index (χ4v) is 11.5. The van der Waals surface area contributed by atoms with Crippen molar-refractivity contribution in [2.24, 2.45) is 0 Å². The molecule has 3 rings (SSSR count). The van der Waals surface area contributed by atoms with E-state index < -0.39 is 25.8 Å². The molecule has 3 atom stereocenters. The van der Waals surface area contributed by atoms with Crippen molar-refractivity contribution < 1.29 is 41.8 Å². The van der Waals surface area contributed by atoms with E-state index in [2.05, 4.69) is 20.8 Å². The maximum absolute atomic E-state index is 11.7. The van der Waals surface area contributed by atoms with E-state index in [0.717, 1.165) is 57.8 Å². The molecule has 3 aliphatic carbocycles. The van der Waals surface area contributed by atoms with E-state index in [1.807, 2.05) is 0 Å². The van der Waals surface area contributed by atoms with E-state index >= 15 is 0 Å². The van der Waals surface area contributed by atoms with Crippen LogP contribution in [0.1, 0.15) is 310 Å². The quantitative estimate of drug-likeness (QED) is 0.0334. The van der Waals surface area contributed by atoms with Gasteiger partial charge in [0.1, 0.15) is 0 Å². The fraction of sp³-hybridized carbons (Fsp3) is 1.00. The van der Waals surface area contributed by atoms with Gasteiger partial charge in [-0.15, -0.1) is 0 Å². The molecule has 0 aromatic heterocycles. The molecule has 398 valence electrons. The third-order valence-electron chi connectivity index (χ3n) is 13.4. The Kier molecular flexibility index (Phi) is 56.9. The summed E-state index contributed by atoms with van der Waals surface area (Å²) in [5.74, 6) is 0. The summed E-state index contributed by atoms with van der Waals surface area (Å²) in [6, 6.07) is 0. The van der Waals surface area contributed by atoms with E-state index in [0.29, 0.717) is 19.8 Å². The van der Waals surface area contributed by atoms with Gasteiger partial charge in [-0.05, 0) is 57.8 Å². The minimum atomic E-state index is -1.89. The van der Waals surface area contributed by atoms with Crippen molar-refractivity contribution in [2.45, 2.75) is 328 Å². The van der Waals surface area contributed by atoms with Gasteiger partial charge in [0.2, 0.25) is 0 Å². The van der Waals surface area contributed by atoms with Gasteiger partial charge in [-0.25, -0.2) is 0 Å². The molecule has 3 fully saturated rings. The number of hydrogen-bond acceptors (Lipinski definition) is 9. The van der Waals surface area contributed by atoms with Crippen molar-refractivity contribution >= 4 is 50.2 Å². The average Bonchev–Trinajstić information content (AvgIpc) is 3.33. The zero-order chi connectivity index (χ0) is 47.6. The van der Waals surface area contributed by atoms with Gasteiger partial charge in [0.05, 0.1) is 63.9 Å². The summed E-state index contributed by atoms with van der Waals surface area (Å²) in [6.07, 6.45) is 57.0. The first kappa shape index (κ1) is 68.7. The van der Waals surface area contributed by atoms with Crippen LogP contribution in [0.3, 0.4) is 0 Å². The van der Waals surface area contributed by atoms with Gasteiger partial charge >= 0.3 is 24.4 Å². The largest absolute Gasteiger partial charge is 3.00 e. The van der Waals surface area contributed by atoms with Crippen LogP contribution in [0.15, 0.2) is 0 Å². The van der Waals surface area contributed by atoms with Crippen molar-refractivity contribution in [2.75, 3.05) is 19.8 Å². The van der Waals surface area contributed by atoms with Crippen LogP contribution in [0.25, 0.3) is 0 Å². The molecule has 9 nitrogen and oxygen atoms in total. The summed E-state index contributed by atoms with van der Waals surface area (Å²) in [6.45, 7) is 8.53. The first-order valence-corrected chi connectivity index (χ1v) is 32.1.